The summed E-state index contributed by atoms with van der Waals surface area (Å²) in [5.74, 6) is -0.115. The molecule has 0 heterocycles. The van der Waals surface area contributed by atoms with Crippen molar-refractivity contribution in [3.05, 3.63) is 24.3 Å². The Kier molecular flexibility index (Phi) is 6.68. The number of para-hydroxylation sites is 1. The summed E-state index contributed by atoms with van der Waals surface area (Å²) in [4.78, 5) is 13.3. The maximum Gasteiger partial charge on any atom is 0.305 e. The first-order valence-corrected chi connectivity index (χ1v) is 8.67. The first-order chi connectivity index (χ1) is 9.92. The van der Waals surface area contributed by atoms with E-state index in [1.54, 1.807) is 18.2 Å². The van der Waals surface area contributed by atoms with Crippen molar-refractivity contribution in [2.24, 2.45) is 0 Å². The van der Waals surface area contributed by atoms with Gasteiger partial charge in [-0.3, -0.25) is 4.79 Å². The molecule has 0 saturated carbocycles. The second-order valence-electron chi connectivity index (χ2n) is 4.89. The topological polar surface area (TPSA) is 63.7 Å². The van der Waals surface area contributed by atoms with Crippen LogP contribution in [0, 0.1) is 0 Å². The number of hydrogen-bond donors (Lipinski definition) is 0. The van der Waals surface area contributed by atoms with Gasteiger partial charge in [-0.15, -0.1) is 0 Å². The van der Waals surface area contributed by atoms with Gasteiger partial charge in [0.1, 0.15) is 0 Å². The molecule has 0 amide bonds. The average molecular weight is 313 g/mol. The molecule has 21 heavy (non-hydrogen) atoms. The molecule has 0 aromatic heterocycles. The van der Waals surface area contributed by atoms with Crippen molar-refractivity contribution in [3.8, 4) is 0 Å². The Morgan fingerprint density at radius 1 is 1.29 bits per heavy atom. The van der Waals surface area contributed by atoms with Crippen LogP contribution in [0.3, 0.4) is 0 Å². The molecule has 0 unspecified atom stereocenters. The van der Waals surface area contributed by atoms with E-state index in [0.29, 0.717) is 36.4 Å². The third-order valence-corrected chi connectivity index (χ3v) is 5.15. The lowest BCUT2D eigenvalue weighted by Crippen LogP contribution is -2.22. The minimum Gasteiger partial charge on any atom is -0.469 e. The van der Waals surface area contributed by atoms with Crippen molar-refractivity contribution in [1.29, 1.82) is 0 Å². The summed E-state index contributed by atoms with van der Waals surface area (Å²) in [5.41, 5.74) is 0.677. The number of sulfone groups is 1. The monoisotopic (exact) mass is 313 g/mol. The molecule has 0 atom stereocenters. The SMILES string of the molecule is CCCS(=O)(=O)c1ccccc1N(C)CCCC(=O)OC. The van der Waals surface area contributed by atoms with Gasteiger partial charge in [0.2, 0.25) is 0 Å². The highest BCUT2D eigenvalue weighted by atomic mass is 32.2. The van der Waals surface area contributed by atoms with Crippen LogP contribution in [0.5, 0.6) is 0 Å². The highest BCUT2D eigenvalue weighted by molar-refractivity contribution is 7.91. The minimum atomic E-state index is -3.27. The van der Waals surface area contributed by atoms with E-state index in [0.717, 1.165) is 0 Å². The quantitative estimate of drug-likeness (QED) is 0.689. The molecule has 0 bridgehead atoms. The zero-order valence-corrected chi connectivity index (χ0v) is 13.6. The van der Waals surface area contributed by atoms with Gasteiger partial charge >= 0.3 is 5.97 Å². The van der Waals surface area contributed by atoms with E-state index in [4.69, 9.17) is 0 Å². The first-order valence-electron chi connectivity index (χ1n) is 7.02. The van der Waals surface area contributed by atoms with E-state index in [9.17, 15) is 13.2 Å². The van der Waals surface area contributed by atoms with E-state index < -0.39 is 9.84 Å². The summed E-state index contributed by atoms with van der Waals surface area (Å²) in [6.45, 7) is 2.44. The number of carbonyl (C=O) groups excluding carboxylic acids is 1. The lowest BCUT2D eigenvalue weighted by molar-refractivity contribution is -0.140. The smallest absolute Gasteiger partial charge is 0.305 e. The number of benzene rings is 1. The Labute approximate surface area is 126 Å². The highest BCUT2D eigenvalue weighted by Gasteiger charge is 2.19. The van der Waals surface area contributed by atoms with E-state index in [2.05, 4.69) is 4.74 Å². The van der Waals surface area contributed by atoms with Gasteiger partial charge in [0.05, 0.1) is 23.4 Å². The van der Waals surface area contributed by atoms with Gasteiger partial charge in [-0.25, -0.2) is 8.42 Å². The molecule has 1 aromatic carbocycles. The average Bonchev–Trinajstić information content (AvgIpc) is 2.46. The molecule has 0 aliphatic carbocycles. The van der Waals surface area contributed by atoms with Crippen molar-refractivity contribution < 1.29 is 17.9 Å². The third-order valence-electron chi connectivity index (χ3n) is 3.19. The predicted molar refractivity (Wildman–Crippen MR) is 83.3 cm³/mol. The molecular weight excluding hydrogens is 290 g/mol. The van der Waals surface area contributed by atoms with Crippen LogP contribution in [0.2, 0.25) is 0 Å². The first kappa shape index (κ1) is 17.5. The van der Waals surface area contributed by atoms with Crippen LogP contribution in [-0.4, -0.2) is 40.8 Å². The van der Waals surface area contributed by atoms with E-state index in [1.807, 2.05) is 24.9 Å². The molecule has 1 rings (SSSR count). The summed E-state index contributed by atoms with van der Waals surface area (Å²) < 4.78 is 29.2. The van der Waals surface area contributed by atoms with Crippen molar-refractivity contribution in [2.75, 3.05) is 31.4 Å². The van der Waals surface area contributed by atoms with E-state index in [1.165, 1.54) is 7.11 Å². The molecule has 118 valence electrons. The van der Waals surface area contributed by atoms with Gasteiger partial charge in [-0.1, -0.05) is 19.1 Å². The van der Waals surface area contributed by atoms with Gasteiger partial charge in [0, 0.05) is 20.0 Å². The summed E-state index contributed by atoms with van der Waals surface area (Å²) in [7, 11) is -0.0746. The molecule has 1 aromatic rings. The summed E-state index contributed by atoms with van der Waals surface area (Å²) in [6, 6.07) is 6.98. The van der Waals surface area contributed by atoms with E-state index >= 15 is 0 Å². The second-order valence-corrected chi connectivity index (χ2v) is 6.97. The zero-order valence-electron chi connectivity index (χ0n) is 12.8. The van der Waals surface area contributed by atoms with Gasteiger partial charge < -0.3 is 9.64 Å². The zero-order chi connectivity index (χ0) is 15.9. The Morgan fingerprint density at radius 2 is 1.95 bits per heavy atom. The number of nitrogens with zero attached hydrogens (tertiary/aromatic N) is 1. The van der Waals surface area contributed by atoms with Crippen LogP contribution in [0.4, 0.5) is 5.69 Å². The normalized spacial score (nSPS) is 11.2. The number of rotatable bonds is 8. The Morgan fingerprint density at radius 3 is 2.57 bits per heavy atom. The number of esters is 1. The number of carbonyl (C=O) groups is 1. The van der Waals surface area contributed by atoms with Crippen LogP contribution in [-0.2, 0) is 19.4 Å². The predicted octanol–water partition coefficient (Wildman–Crippen LogP) is 2.26. The van der Waals surface area contributed by atoms with Crippen molar-refractivity contribution >= 4 is 21.5 Å². The molecule has 6 heteroatoms. The molecule has 0 fully saturated rings. The van der Waals surface area contributed by atoms with Gasteiger partial charge in [-0.2, -0.15) is 0 Å². The Hall–Kier alpha value is -1.56. The van der Waals surface area contributed by atoms with Crippen LogP contribution >= 0.6 is 0 Å². The standard InChI is InChI=1S/C15H23NO4S/c1-4-12-21(18,19)14-9-6-5-8-13(14)16(2)11-7-10-15(17)20-3/h5-6,8-9H,4,7,10-12H2,1-3H3. The number of ether oxygens (including phenoxy) is 1. The van der Waals surface area contributed by atoms with Crippen molar-refractivity contribution in [1.82, 2.24) is 0 Å². The lowest BCUT2D eigenvalue weighted by atomic mass is 10.2. The molecule has 0 aliphatic heterocycles. The van der Waals surface area contributed by atoms with Crippen LogP contribution < -0.4 is 4.90 Å². The molecule has 0 N–H and O–H groups in total. The summed E-state index contributed by atoms with van der Waals surface area (Å²) >= 11 is 0. The van der Waals surface area contributed by atoms with E-state index in [-0.39, 0.29) is 11.7 Å². The lowest BCUT2D eigenvalue weighted by Gasteiger charge is -2.22. The molecule has 5 nitrogen and oxygen atoms in total. The minimum absolute atomic E-state index is 0.139. The number of anilines is 1. The second kappa shape index (κ2) is 8.02. The Bertz CT molecular complexity index is 569. The molecule has 0 radical (unpaired) electrons. The molecule has 0 saturated heterocycles. The van der Waals surface area contributed by atoms with Crippen LogP contribution in [0.25, 0.3) is 0 Å². The van der Waals surface area contributed by atoms with Crippen LogP contribution in [0.1, 0.15) is 26.2 Å². The molecule has 0 aliphatic rings. The molecule has 0 spiro atoms. The fraction of sp³-hybridized carbons (Fsp3) is 0.533. The van der Waals surface area contributed by atoms with Crippen molar-refractivity contribution in [3.63, 3.8) is 0 Å². The fourth-order valence-electron chi connectivity index (χ4n) is 2.10. The van der Waals surface area contributed by atoms with Crippen LogP contribution in [0.15, 0.2) is 29.2 Å². The third kappa shape index (κ3) is 5.04. The molecular formula is C15H23NO4S. The largest absolute Gasteiger partial charge is 0.469 e. The maximum atomic E-state index is 12.3. The Balaban J connectivity index is 2.85. The van der Waals surface area contributed by atoms with Crippen molar-refractivity contribution in [2.45, 2.75) is 31.1 Å². The number of hydrogen-bond acceptors (Lipinski definition) is 5. The highest BCUT2D eigenvalue weighted by Crippen LogP contribution is 2.25. The van der Waals surface area contributed by atoms with Gasteiger partial charge in [-0.05, 0) is 25.0 Å². The fourth-order valence-corrected chi connectivity index (χ4v) is 3.68. The van der Waals surface area contributed by atoms with Gasteiger partial charge in [0.25, 0.3) is 0 Å². The number of methoxy groups -OCH3 is 1. The van der Waals surface area contributed by atoms with Gasteiger partial charge in [0.15, 0.2) is 9.84 Å². The summed E-state index contributed by atoms with van der Waals surface area (Å²) in [5, 5.41) is 0. The summed E-state index contributed by atoms with van der Waals surface area (Å²) in [6.07, 6.45) is 1.53. The maximum absolute atomic E-state index is 12.3.